The van der Waals surface area contributed by atoms with Gasteiger partial charge in [-0.3, -0.25) is 9.50 Å². The van der Waals surface area contributed by atoms with Crippen LogP contribution in [0, 0.1) is 5.82 Å². The fraction of sp³-hybridized carbons (Fsp3) is 0.182. The number of H-pyrrole nitrogens is 1. The van der Waals surface area contributed by atoms with Gasteiger partial charge >= 0.3 is 0 Å². The van der Waals surface area contributed by atoms with Crippen molar-refractivity contribution in [2.75, 3.05) is 36.5 Å². The number of nitrogens with zero attached hydrogens (tertiary/aromatic N) is 6. The smallest absolute Gasteiger partial charge is 0.203 e. The molecule has 2 aromatic carbocycles. The molecular formula is C22H19FN8O. The molecule has 5 aromatic rings. The summed E-state index contributed by atoms with van der Waals surface area (Å²) in [6, 6.07) is 11.0. The van der Waals surface area contributed by atoms with E-state index < -0.39 is 0 Å². The molecule has 0 bridgehead atoms. The van der Waals surface area contributed by atoms with Crippen LogP contribution in [0.3, 0.4) is 0 Å². The molecule has 32 heavy (non-hydrogen) atoms. The van der Waals surface area contributed by atoms with Crippen molar-refractivity contribution in [2.45, 2.75) is 0 Å². The van der Waals surface area contributed by atoms with Gasteiger partial charge in [-0.1, -0.05) is 12.1 Å². The predicted octanol–water partition coefficient (Wildman–Crippen LogP) is 3.39. The summed E-state index contributed by atoms with van der Waals surface area (Å²) in [7, 11) is 0. The number of hydrogen-bond acceptors (Lipinski definition) is 7. The number of nitrogens with one attached hydrogen (secondary N) is 2. The van der Waals surface area contributed by atoms with Gasteiger partial charge < -0.3 is 15.0 Å². The maximum absolute atomic E-state index is 14.9. The highest BCUT2D eigenvalue weighted by Crippen LogP contribution is 2.28. The molecule has 0 saturated carbocycles. The minimum absolute atomic E-state index is 0.296. The van der Waals surface area contributed by atoms with Gasteiger partial charge in [0.05, 0.1) is 36.3 Å². The molecule has 1 saturated heterocycles. The standard InChI is InChI=1S/C22H19FN8O/c23-17-10-16(3-4-20(17)30-5-7-32-8-6-30)26-21-22-29-25-13-31(22)12-19(27-21)14-1-2-15-11-24-28-18(15)9-14/h1-4,9-13H,5-8H2,(H,24,28)(H,26,27). The quantitative estimate of drug-likeness (QED) is 0.451. The number of halogens is 1. The van der Waals surface area contributed by atoms with E-state index in [1.807, 2.05) is 35.4 Å². The average Bonchev–Trinajstić information content (AvgIpc) is 3.48. The normalized spacial score (nSPS) is 14.3. The summed E-state index contributed by atoms with van der Waals surface area (Å²) < 4.78 is 22.0. The van der Waals surface area contributed by atoms with E-state index in [4.69, 9.17) is 9.72 Å². The molecule has 0 atom stereocenters. The van der Waals surface area contributed by atoms with E-state index in [1.165, 1.54) is 6.07 Å². The van der Waals surface area contributed by atoms with Crippen molar-refractivity contribution < 1.29 is 9.13 Å². The molecule has 1 fully saturated rings. The lowest BCUT2D eigenvalue weighted by Crippen LogP contribution is -2.36. The van der Waals surface area contributed by atoms with E-state index in [0.717, 1.165) is 22.2 Å². The fourth-order valence-electron chi connectivity index (χ4n) is 3.94. The van der Waals surface area contributed by atoms with Crippen molar-refractivity contribution in [3.63, 3.8) is 0 Å². The van der Waals surface area contributed by atoms with Crippen molar-refractivity contribution in [1.82, 2.24) is 29.8 Å². The molecule has 4 heterocycles. The molecule has 9 nitrogen and oxygen atoms in total. The monoisotopic (exact) mass is 430 g/mol. The zero-order valence-corrected chi connectivity index (χ0v) is 17.0. The molecule has 0 aliphatic carbocycles. The third kappa shape index (κ3) is 3.30. The zero-order chi connectivity index (χ0) is 21.5. The lowest BCUT2D eigenvalue weighted by atomic mass is 10.1. The molecule has 0 amide bonds. The number of ether oxygens (including phenoxy) is 1. The molecule has 10 heteroatoms. The van der Waals surface area contributed by atoms with Gasteiger partial charge in [0.25, 0.3) is 0 Å². The van der Waals surface area contributed by atoms with Crippen molar-refractivity contribution in [3.8, 4) is 11.3 Å². The first-order chi connectivity index (χ1) is 15.7. The van der Waals surface area contributed by atoms with Crippen LogP contribution in [0.4, 0.5) is 21.6 Å². The van der Waals surface area contributed by atoms with Gasteiger partial charge in [-0.05, 0) is 24.3 Å². The highest BCUT2D eigenvalue weighted by molar-refractivity contribution is 5.84. The van der Waals surface area contributed by atoms with Crippen LogP contribution >= 0.6 is 0 Å². The summed E-state index contributed by atoms with van der Waals surface area (Å²) in [4.78, 5) is 6.74. The van der Waals surface area contributed by atoms with Crippen LogP contribution in [0.5, 0.6) is 0 Å². The van der Waals surface area contributed by atoms with Crippen LogP contribution in [0.25, 0.3) is 27.8 Å². The Morgan fingerprint density at radius 2 is 2.00 bits per heavy atom. The summed E-state index contributed by atoms with van der Waals surface area (Å²) >= 11 is 0. The molecule has 0 spiro atoms. The van der Waals surface area contributed by atoms with E-state index in [1.54, 1.807) is 23.0 Å². The van der Waals surface area contributed by atoms with Gasteiger partial charge in [0.1, 0.15) is 12.1 Å². The van der Waals surface area contributed by atoms with Gasteiger partial charge in [-0.15, -0.1) is 10.2 Å². The highest BCUT2D eigenvalue weighted by Gasteiger charge is 2.16. The minimum atomic E-state index is -0.296. The SMILES string of the molecule is Fc1cc(Nc2nc(-c3ccc4cn[nH]c4c3)cn3cnnc23)ccc1N1CCOCC1. The topological polar surface area (TPSA) is 96.3 Å². The number of fused-ring (bicyclic) bond motifs is 2. The highest BCUT2D eigenvalue weighted by atomic mass is 19.1. The maximum atomic E-state index is 14.9. The summed E-state index contributed by atoms with van der Waals surface area (Å²) in [5.74, 6) is 0.193. The van der Waals surface area contributed by atoms with Crippen molar-refractivity contribution >= 4 is 33.7 Å². The van der Waals surface area contributed by atoms with E-state index in [9.17, 15) is 4.39 Å². The van der Waals surface area contributed by atoms with Gasteiger partial charge in [0.15, 0.2) is 5.82 Å². The Hall–Kier alpha value is -4.05. The van der Waals surface area contributed by atoms with E-state index in [-0.39, 0.29) is 5.82 Å². The van der Waals surface area contributed by atoms with Crippen LogP contribution in [-0.4, -0.2) is 56.1 Å². The molecule has 2 N–H and O–H groups in total. The Kier molecular flexibility index (Phi) is 4.43. The Balaban J connectivity index is 1.36. The summed E-state index contributed by atoms with van der Waals surface area (Å²) in [6.07, 6.45) is 5.25. The van der Waals surface area contributed by atoms with Crippen LogP contribution in [-0.2, 0) is 4.74 Å². The molecule has 160 valence electrons. The first-order valence-corrected chi connectivity index (χ1v) is 10.3. The average molecular weight is 430 g/mol. The Morgan fingerprint density at radius 3 is 2.88 bits per heavy atom. The molecular weight excluding hydrogens is 411 g/mol. The lowest BCUT2D eigenvalue weighted by Gasteiger charge is -2.29. The number of aromatic nitrogens is 6. The second-order valence-electron chi connectivity index (χ2n) is 7.60. The number of rotatable bonds is 4. The maximum Gasteiger partial charge on any atom is 0.203 e. The van der Waals surface area contributed by atoms with Gasteiger partial charge in [-0.25, -0.2) is 9.37 Å². The summed E-state index contributed by atoms with van der Waals surface area (Å²) in [5, 5.41) is 19.4. The van der Waals surface area contributed by atoms with Crippen molar-refractivity contribution in [1.29, 1.82) is 0 Å². The van der Waals surface area contributed by atoms with Gasteiger partial charge in [0.2, 0.25) is 5.65 Å². The number of morpholine rings is 1. The van der Waals surface area contributed by atoms with Crippen molar-refractivity contribution in [2.24, 2.45) is 0 Å². The fourth-order valence-corrected chi connectivity index (χ4v) is 3.94. The third-order valence-corrected chi connectivity index (χ3v) is 5.58. The lowest BCUT2D eigenvalue weighted by molar-refractivity contribution is 0.122. The first-order valence-electron chi connectivity index (χ1n) is 10.3. The largest absolute Gasteiger partial charge is 0.378 e. The molecule has 0 unspecified atom stereocenters. The third-order valence-electron chi connectivity index (χ3n) is 5.58. The van der Waals surface area contributed by atoms with Crippen LogP contribution in [0.15, 0.2) is 55.1 Å². The zero-order valence-electron chi connectivity index (χ0n) is 17.0. The minimum Gasteiger partial charge on any atom is -0.378 e. The molecule has 0 radical (unpaired) electrons. The number of hydrogen-bond donors (Lipinski definition) is 2. The van der Waals surface area contributed by atoms with Crippen LogP contribution < -0.4 is 10.2 Å². The van der Waals surface area contributed by atoms with E-state index in [0.29, 0.717) is 49.1 Å². The summed E-state index contributed by atoms with van der Waals surface area (Å²) in [5.41, 5.74) is 4.26. The Labute approximate surface area is 181 Å². The van der Waals surface area contributed by atoms with E-state index in [2.05, 4.69) is 25.7 Å². The number of anilines is 3. The second-order valence-corrected chi connectivity index (χ2v) is 7.60. The molecule has 6 rings (SSSR count). The van der Waals surface area contributed by atoms with Crippen LogP contribution in [0.2, 0.25) is 0 Å². The van der Waals surface area contributed by atoms with Gasteiger partial charge in [0, 0.05) is 35.9 Å². The summed E-state index contributed by atoms with van der Waals surface area (Å²) in [6.45, 7) is 2.55. The number of benzene rings is 2. The Bertz CT molecular complexity index is 1420. The number of aromatic amines is 1. The van der Waals surface area contributed by atoms with Gasteiger partial charge in [-0.2, -0.15) is 5.10 Å². The first kappa shape index (κ1) is 18.7. The predicted molar refractivity (Wildman–Crippen MR) is 119 cm³/mol. The molecule has 3 aromatic heterocycles. The molecule has 1 aliphatic heterocycles. The van der Waals surface area contributed by atoms with Crippen LogP contribution in [0.1, 0.15) is 0 Å². The Morgan fingerprint density at radius 1 is 1.09 bits per heavy atom. The second kappa shape index (κ2) is 7.57. The van der Waals surface area contributed by atoms with E-state index >= 15 is 0 Å². The van der Waals surface area contributed by atoms with Crippen molar-refractivity contribution in [3.05, 3.63) is 60.9 Å². The molecule has 1 aliphatic rings.